The number of ether oxygens (including phenoxy) is 1. The summed E-state index contributed by atoms with van der Waals surface area (Å²) < 4.78 is 21.2. The lowest BCUT2D eigenvalue weighted by atomic mass is 9.93. The fourth-order valence-corrected chi connectivity index (χ4v) is 4.44. The molecule has 178 valence electrons. The van der Waals surface area contributed by atoms with Crippen molar-refractivity contribution in [2.45, 2.75) is 44.0 Å². The van der Waals surface area contributed by atoms with Crippen LogP contribution in [0.1, 0.15) is 43.4 Å². The van der Waals surface area contributed by atoms with Crippen LogP contribution >= 0.6 is 25.0 Å². The van der Waals surface area contributed by atoms with Crippen molar-refractivity contribution in [3.8, 4) is 0 Å². The van der Waals surface area contributed by atoms with Crippen molar-refractivity contribution in [1.29, 1.82) is 0 Å². The number of hydrogen-bond donors (Lipinski definition) is 1. The average molecular weight is 494 g/mol. The van der Waals surface area contributed by atoms with Gasteiger partial charge in [0.25, 0.3) is 0 Å². The maximum absolute atomic E-state index is 14.7. The molecule has 1 saturated heterocycles. The number of halogens is 2. The Balaban J connectivity index is 0.00000306. The summed E-state index contributed by atoms with van der Waals surface area (Å²) in [7, 11) is 0. The van der Waals surface area contributed by atoms with Crippen molar-refractivity contribution >= 4 is 42.9 Å². The molecule has 0 bridgehead atoms. The van der Waals surface area contributed by atoms with E-state index in [4.69, 9.17) is 17.4 Å². The summed E-state index contributed by atoms with van der Waals surface area (Å²) in [6.07, 6.45) is 8.00. The molecule has 2 unspecified atom stereocenters. The smallest absolute Gasteiger partial charge is 0.327 e. The molecule has 9 heteroatoms. The number of rotatable bonds is 8. The number of thiol groups is 1. The first-order chi connectivity index (χ1) is 15.5. The first-order valence-corrected chi connectivity index (χ1v) is 11.6. The predicted molar refractivity (Wildman–Crippen MR) is 130 cm³/mol. The average Bonchev–Trinajstić information content (AvgIpc) is 3.53. The van der Waals surface area contributed by atoms with Gasteiger partial charge < -0.3 is 4.74 Å². The van der Waals surface area contributed by atoms with Gasteiger partial charge in [0.15, 0.2) is 5.78 Å². The quantitative estimate of drug-likeness (QED) is 0.443. The molecule has 1 aromatic carbocycles. The molecule has 33 heavy (non-hydrogen) atoms. The molecule has 2 aromatic rings. The Hall–Kier alpha value is -2.16. The molecule has 0 amide bonds. The molecule has 1 aromatic heterocycles. The highest BCUT2D eigenvalue weighted by atomic mass is 35.5. The second-order valence-electron chi connectivity index (χ2n) is 8.37. The van der Waals surface area contributed by atoms with Gasteiger partial charge in [0.05, 0.1) is 18.8 Å². The number of nitrogens with zero attached hydrogens (tertiary/aromatic N) is 3. The molecule has 0 radical (unpaired) electrons. The van der Waals surface area contributed by atoms with E-state index in [-0.39, 0.29) is 47.7 Å². The highest BCUT2D eigenvalue weighted by molar-refractivity contribution is 7.81. The predicted octanol–water partition coefficient (Wildman–Crippen LogP) is 4.12. The molecule has 1 aliphatic carbocycles. The first kappa shape index (κ1) is 25.5. The molecule has 1 aliphatic heterocycles. The summed E-state index contributed by atoms with van der Waals surface area (Å²) >= 11 is 4.74. The van der Waals surface area contributed by atoms with E-state index in [2.05, 4.69) is 10.00 Å². The summed E-state index contributed by atoms with van der Waals surface area (Å²) in [6.45, 7) is 3.34. The van der Waals surface area contributed by atoms with E-state index in [1.54, 1.807) is 37.5 Å². The maximum Gasteiger partial charge on any atom is 0.327 e. The van der Waals surface area contributed by atoms with Crippen LogP contribution in [-0.2, 0) is 20.9 Å². The van der Waals surface area contributed by atoms with Crippen molar-refractivity contribution in [3.05, 3.63) is 59.2 Å². The van der Waals surface area contributed by atoms with E-state index in [0.717, 1.165) is 30.4 Å². The van der Waals surface area contributed by atoms with Gasteiger partial charge >= 0.3 is 5.97 Å². The summed E-state index contributed by atoms with van der Waals surface area (Å²) in [6, 6.07) is 5.99. The van der Waals surface area contributed by atoms with Gasteiger partial charge in [0, 0.05) is 41.6 Å². The highest BCUT2D eigenvalue weighted by Crippen LogP contribution is 2.39. The number of ketones is 1. The van der Waals surface area contributed by atoms with Crippen molar-refractivity contribution < 1.29 is 18.7 Å². The van der Waals surface area contributed by atoms with Gasteiger partial charge in [-0.25, -0.2) is 4.39 Å². The largest absolute Gasteiger partial charge is 0.465 e. The lowest BCUT2D eigenvalue weighted by Crippen LogP contribution is -2.42. The normalized spacial score (nSPS) is 20.8. The van der Waals surface area contributed by atoms with Crippen LogP contribution in [0.2, 0.25) is 0 Å². The van der Waals surface area contributed by atoms with Gasteiger partial charge in [0.1, 0.15) is 12.4 Å². The van der Waals surface area contributed by atoms with Crippen molar-refractivity contribution in [1.82, 2.24) is 14.7 Å². The Morgan fingerprint density at radius 2 is 2.06 bits per heavy atom. The molecule has 2 fully saturated rings. The van der Waals surface area contributed by atoms with Gasteiger partial charge in [-0.15, -0.1) is 12.4 Å². The number of aromatic nitrogens is 2. The fraction of sp³-hybridized carbons (Fsp3) is 0.458. The Morgan fingerprint density at radius 1 is 1.30 bits per heavy atom. The van der Waals surface area contributed by atoms with Crippen LogP contribution in [0.3, 0.4) is 0 Å². The van der Waals surface area contributed by atoms with Crippen molar-refractivity contribution in [3.63, 3.8) is 0 Å². The minimum absolute atomic E-state index is 0. The van der Waals surface area contributed by atoms with E-state index in [1.807, 2.05) is 6.08 Å². The number of carbonyl (C=O) groups excluding carboxylic acids is 2. The van der Waals surface area contributed by atoms with Crippen LogP contribution in [0.4, 0.5) is 4.39 Å². The number of piperidine rings is 1. The Labute approximate surface area is 205 Å². The first-order valence-electron chi connectivity index (χ1n) is 11.0. The minimum Gasteiger partial charge on any atom is -0.465 e. The van der Waals surface area contributed by atoms with E-state index >= 15 is 0 Å². The molecule has 0 N–H and O–H groups in total. The van der Waals surface area contributed by atoms with Crippen LogP contribution in [0.25, 0.3) is 6.08 Å². The zero-order valence-corrected chi connectivity index (χ0v) is 20.2. The topological polar surface area (TPSA) is 64.4 Å². The molecule has 1 saturated carbocycles. The lowest BCUT2D eigenvalue weighted by molar-refractivity contribution is -0.144. The number of esters is 1. The zero-order chi connectivity index (χ0) is 22.7. The fourth-order valence-electron chi connectivity index (χ4n) is 4.17. The third kappa shape index (κ3) is 6.25. The van der Waals surface area contributed by atoms with Crippen molar-refractivity contribution in [2.75, 3.05) is 19.7 Å². The molecular weight excluding hydrogens is 465 g/mol. The number of hydrogen-bond acceptors (Lipinski definition) is 6. The molecule has 0 spiro atoms. The third-order valence-electron chi connectivity index (χ3n) is 5.92. The second kappa shape index (κ2) is 11.3. The van der Waals surface area contributed by atoms with Crippen LogP contribution in [0.15, 0.2) is 42.2 Å². The summed E-state index contributed by atoms with van der Waals surface area (Å²) in [5, 5.41) is 4.27. The highest BCUT2D eigenvalue weighted by Gasteiger charge is 2.40. The Morgan fingerprint density at radius 3 is 2.76 bits per heavy atom. The van der Waals surface area contributed by atoms with E-state index in [9.17, 15) is 14.0 Å². The van der Waals surface area contributed by atoms with E-state index in [1.165, 1.54) is 10.7 Å². The van der Waals surface area contributed by atoms with Gasteiger partial charge in [0.2, 0.25) is 0 Å². The molecular formula is C24H29ClFN3O3S. The van der Waals surface area contributed by atoms with Gasteiger partial charge in [-0.2, -0.15) is 17.7 Å². The minimum atomic E-state index is -0.584. The van der Waals surface area contributed by atoms with Crippen LogP contribution in [0, 0.1) is 11.7 Å². The van der Waals surface area contributed by atoms with Crippen molar-refractivity contribution in [2.24, 2.45) is 5.92 Å². The van der Waals surface area contributed by atoms with Gasteiger partial charge in [-0.05, 0) is 37.8 Å². The zero-order valence-electron chi connectivity index (χ0n) is 18.5. The Bertz CT molecular complexity index is 1020. The molecule has 2 atom stereocenters. The second-order valence-corrected chi connectivity index (χ2v) is 8.99. The third-order valence-corrected chi connectivity index (χ3v) is 6.51. The SMILES string of the molecule is CCOC(=O)Cn1cc(/C=C2\CN(C(C(=O)C3CC3)c3ccccc3F)CCC2S)cn1.Cl. The number of Topliss-reactive ketones (excluding diaryl/α,β-unsaturated/α-hetero) is 1. The standard InChI is InChI=1S/C24H28FN3O3S.ClH/c1-2-31-22(29)15-28-13-16(12-26-28)11-18-14-27(10-9-21(18)32)23(24(30)17-7-8-17)19-5-3-4-6-20(19)25;/h3-6,11-13,17,21,23,32H,2,7-10,14-15H2,1H3;1H/b18-11+;. The summed E-state index contributed by atoms with van der Waals surface area (Å²) in [4.78, 5) is 26.9. The monoisotopic (exact) mass is 493 g/mol. The lowest BCUT2D eigenvalue weighted by Gasteiger charge is -2.37. The number of carbonyl (C=O) groups is 2. The van der Waals surface area contributed by atoms with Gasteiger partial charge in [-0.1, -0.05) is 24.3 Å². The van der Waals surface area contributed by atoms with Crippen LogP contribution in [-0.4, -0.2) is 51.4 Å². The van der Waals surface area contributed by atoms with E-state index < -0.39 is 6.04 Å². The molecule has 2 heterocycles. The van der Waals surface area contributed by atoms with E-state index in [0.29, 0.717) is 25.3 Å². The maximum atomic E-state index is 14.7. The van der Waals surface area contributed by atoms with Crippen LogP contribution in [0.5, 0.6) is 0 Å². The Kier molecular flexibility index (Phi) is 8.73. The molecule has 4 rings (SSSR count). The summed E-state index contributed by atoms with van der Waals surface area (Å²) in [5.41, 5.74) is 2.34. The van der Waals surface area contributed by atoms with Gasteiger partial charge in [-0.3, -0.25) is 19.2 Å². The number of likely N-dealkylation sites (tertiary alicyclic amines) is 1. The van der Waals surface area contributed by atoms with Crippen LogP contribution < -0.4 is 0 Å². The molecule has 2 aliphatic rings. The molecule has 6 nitrogen and oxygen atoms in total. The number of benzene rings is 1. The summed E-state index contributed by atoms with van der Waals surface area (Å²) in [5.74, 6) is -0.543.